The SMILES string of the molecule is Cc1ccc([C@@H]2CC(c3ccc(C)cc3C)=NN2C(=O)CN2CCc3ccccc3C2)cc1. The zero-order chi connectivity index (χ0) is 22.9. The van der Waals surface area contributed by atoms with Gasteiger partial charge in [-0.25, -0.2) is 5.01 Å². The molecule has 0 aliphatic carbocycles. The lowest BCUT2D eigenvalue weighted by Gasteiger charge is -2.30. The van der Waals surface area contributed by atoms with Crippen molar-refractivity contribution in [2.24, 2.45) is 5.10 Å². The Labute approximate surface area is 196 Å². The van der Waals surface area contributed by atoms with Crippen LogP contribution in [-0.4, -0.2) is 34.6 Å². The topological polar surface area (TPSA) is 35.9 Å². The van der Waals surface area contributed by atoms with Crippen LogP contribution < -0.4 is 0 Å². The average molecular weight is 438 g/mol. The minimum Gasteiger partial charge on any atom is -0.290 e. The number of aryl methyl sites for hydroxylation is 3. The summed E-state index contributed by atoms with van der Waals surface area (Å²) in [5.74, 6) is 0.0692. The number of nitrogens with zero attached hydrogens (tertiary/aromatic N) is 3. The highest BCUT2D eigenvalue weighted by atomic mass is 16.2. The molecule has 168 valence electrons. The van der Waals surface area contributed by atoms with Gasteiger partial charge < -0.3 is 0 Å². The molecule has 3 aromatic rings. The first-order chi connectivity index (χ1) is 16.0. The first kappa shape index (κ1) is 21.6. The van der Waals surface area contributed by atoms with Crippen LogP contribution in [0.5, 0.6) is 0 Å². The molecule has 2 aliphatic rings. The van der Waals surface area contributed by atoms with E-state index in [1.54, 1.807) is 5.01 Å². The lowest BCUT2D eigenvalue weighted by atomic mass is 9.95. The van der Waals surface area contributed by atoms with E-state index in [-0.39, 0.29) is 11.9 Å². The van der Waals surface area contributed by atoms with E-state index in [0.717, 1.165) is 42.8 Å². The van der Waals surface area contributed by atoms with Gasteiger partial charge in [0.1, 0.15) is 0 Å². The highest BCUT2D eigenvalue weighted by Gasteiger charge is 2.34. The highest BCUT2D eigenvalue weighted by Crippen LogP contribution is 2.34. The monoisotopic (exact) mass is 437 g/mol. The summed E-state index contributed by atoms with van der Waals surface area (Å²) in [7, 11) is 0. The maximum atomic E-state index is 13.6. The number of hydrogen-bond donors (Lipinski definition) is 0. The van der Waals surface area contributed by atoms with Crippen LogP contribution >= 0.6 is 0 Å². The fraction of sp³-hybridized carbons (Fsp3) is 0.310. The van der Waals surface area contributed by atoms with Crippen molar-refractivity contribution < 1.29 is 4.79 Å². The van der Waals surface area contributed by atoms with Gasteiger partial charge in [0.05, 0.1) is 18.3 Å². The van der Waals surface area contributed by atoms with Crippen molar-refractivity contribution in [3.63, 3.8) is 0 Å². The number of amides is 1. The second-order valence-electron chi connectivity index (χ2n) is 9.46. The minimum absolute atomic E-state index is 0.0640. The number of rotatable bonds is 4. The Kier molecular flexibility index (Phi) is 5.86. The molecule has 2 heterocycles. The molecule has 0 aromatic heterocycles. The molecule has 0 saturated heterocycles. The Bertz CT molecular complexity index is 1210. The van der Waals surface area contributed by atoms with Crippen LogP contribution in [0.4, 0.5) is 0 Å². The number of hydrazone groups is 1. The Balaban J connectivity index is 1.41. The fourth-order valence-electron chi connectivity index (χ4n) is 5.04. The Morgan fingerprint density at radius 2 is 1.67 bits per heavy atom. The number of fused-ring (bicyclic) bond motifs is 1. The normalized spacial score (nSPS) is 18.2. The fourth-order valence-corrected chi connectivity index (χ4v) is 5.04. The summed E-state index contributed by atoms with van der Waals surface area (Å²) in [6.07, 6.45) is 1.73. The number of benzene rings is 3. The van der Waals surface area contributed by atoms with Crippen LogP contribution in [-0.2, 0) is 17.8 Å². The van der Waals surface area contributed by atoms with E-state index in [4.69, 9.17) is 5.10 Å². The van der Waals surface area contributed by atoms with Gasteiger partial charge in [-0.05, 0) is 49.4 Å². The molecule has 0 saturated carbocycles. The van der Waals surface area contributed by atoms with Crippen molar-refractivity contribution in [3.05, 3.63) is 106 Å². The molecule has 0 unspecified atom stereocenters. The standard InChI is InChI=1S/C29H31N3O/c1-20-8-11-24(12-9-20)28-17-27(26-13-10-21(2)16-22(26)3)30-32(28)29(33)19-31-15-14-23-6-4-5-7-25(23)18-31/h4-13,16,28H,14-15,17-19H2,1-3H3/t28-/m0/s1. The second-order valence-corrected chi connectivity index (χ2v) is 9.46. The van der Waals surface area contributed by atoms with E-state index in [9.17, 15) is 4.79 Å². The average Bonchev–Trinajstić information content (AvgIpc) is 3.25. The molecular formula is C29H31N3O. The molecule has 4 heteroatoms. The summed E-state index contributed by atoms with van der Waals surface area (Å²) in [4.78, 5) is 15.8. The maximum absolute atomic E-state index is 13.6. The lowest BCUT2D eigenvalue weighted by Crippen LogP contribution is -2.40. The molecule has 2 aliphatic heterocycles. The second kappa shape index (κ2) is 8.95. The minimum atomic E-state index is -0.0640. The molecule has 5 rings (SSSR count). The number of hydrogen-bond acceptors (Lipinski definition) is 3. The molecule has 0 bridgehead atoms. The van der Waals surface area contributed by atoms with Gasteiger partial charge in [0.25, 0.3) is 5.91 Å². The van der Waals surface area contributed by atoms with Crippen LogP contribution in [0.3, 0.4) is 0 Å². The van der Waals surface area contributed by atoms with Crippen LogP contribution in [0.1, 0.15) is 51.4 Å². The summed E-state index contributed by atoms with van der Waals surface area (Å²) in [5.41, 5.74) is 9.66. The predicted octanol–water partition coefficient (Wildman–Crippen LogP) is 5.35. The van der Waals surface area contributed by atoms with Crippen LogP contribution in [0.25, 0.3) is 0 Å². The largest absolute Gasteiger partial charge is 0.290 e. The predicted molar refractivity (Wildman–Crippen MR) is 133 cm³/mol. The van der Waals surface area contributed by atoms with Crippen LogP contribution in [0, 0.1) is 20.8 Å². The molecule has 4 nitrogen and oxygen atoms in total. The molecule has 0 radical (unpaired) electrons. The van der Waals surface area contributed by atoms with E-state index in [1.165, 1.54) is 27.8 Å². The number of carbonyl (C=O) groups is 1. The molecule has 0 spiro atoms. The number of carbonyl (C=O) groups excluding carboxylic acids is 1. The smallest absolute Gasteiger partial charge is 0.257 e. The molecule has 1 atom stereocenters. The van der Waals surface area contributed by atoms with Crippen LogP contribution in [0.2, 0.25) is 0 Å². The summed E-state index contributed by atoms with van der Waals surface area (Å²) in [6.45, 7) is 8.43. The third-order valence-corrected chi connectivity index (χ3v) is 6.89. The van der Waals surface area contributed by atoms with Crippen molar-refractivity contribution in [3.8, 4) is 0 Å². The van der Waals surface area contributed by atoms with Gasteiger partial charge in [-0.3, -0.25) is 9.69 Å². The Hall–Kier alpha value is -3.24. The van der Waals surface area contributed by atoms with Gasteiger partial charge in [-0.1, -0.05) is 77.9 Å². The van der Waals surface area contributed by atoms with Crippen molar-refractivity contribution in [2.75, 3.05) is 13.1 Å². The molecule has 0 N–H and O–H groups in total. The van der Waals surface area contributed by atoms with Gasteiger partial charge >= 0.3 is 0 Å². The van der Waals surface area contributed by atoms with Crippen molar-refractivity contribution in [1.82, 2.24) is 9.91 Å². The highest BCUT2D eigenvalue weighted by molar-refractivity contribution is 6.04. The molecule has 33 heavy (non-hydrogen) atoms. The van der Waals surface area contributed by atoms with Gasteiger partial charge in [0.15, 0.2) is 0 Å². The summed E-state index contributed by atoms with van der Waals surface area (Å²) < 4.78 is 0. The summed E-state index contributed by atoms with van der Waals surface area (Å²) in [5, 5.41) is 6.66. The quantitative estimate of drug-likeness (QED) is 0.552. The summed E-state index contributed by atoms with van der Waals surface area (Å²) in [6, 6.07) is 23.5. The molecule has 3 aromatic carbocycles. The third-order valence-electron chi connectivity index (χ3n) is 6.89. The third kappa shape index (κ3) is 4.49. The van der Waals surface area contributed by atoms with Crippen molar-refractivity contribution in [2.45, 2.75) is 46.2 Å². The van der Waals surface area contributed by atoms with Gasteiger partial charge in [0.2, 0.25) is 0 Å². The zero-order valence-electron chi connectivity index (χ0n) is 19.7. The zero-order valence-corrected chi connectivity index (χ0v) is 19.7. The van der Waals surface area contributed by atoms with Gasteiger partial charge in [-0.15, -0.1) is 0 Å². The van der Waals surface area contributed by atoms with Gasteiger partial charge in [0, 0.05) is 25.1 Å². The Morgan fingerprint density at radius 1 is 0.939 bits per heavy atom. The maximum Gasteiger partial charge on any atom is 0.257 e. The van der Waals surface area contributed by atoms with E-state index in [1.807, 2.05) is 0 Å². The Morgan fingerprint density at radius 3 is 2.42 bits per heavy atom. The van der Waals surface area contributed by atoms with Crippen molar-refractivity contribution >= 4 is 11.6 Å². The van der Waals surface area contributed by atoms with E-state index in [0.29, 0.717) is 6.54 Å². The van der Waals surface area contributed by atoms with Gasteiger partial charge in [-0.2, -0.15) is 5.10 Å². The van der Waals surface area contributed by atoms with Crippen molar-refractivity contribution in [1.29, 1.82) is 0 Å². The first-order valence-electron chi connectivity index (χ1n) is 11.8. The lowest BCUT2D eigenvalue weighted by molar-refractivity contribution is -0.134. The van der Waals surface area contributed by atoms with E-state index >= 15 is 0 Å². The molecular weight excluding hydrogens is 406 g/mol. The first-order valence-corrected chi connectivity index (χ1v) is 11.8. The summed E-state index contributed by atoms with van der Waals surface area (Å²) >= 11 is 0. The van der Waals surface area contributed by atoms with E-state index in [2.05, 4.69) is 92.4 Å². The van der Waals surface area contributed by atoms with Crippen LogP contribution in [0.15, 0.2) is 71.8 Å². The van der Waals surface area contributed by atoms with E-state index < -0.39 is 0 Å². The molecule has 0 fully saturated rings. The molecule has 1 amide bonds.